The predicted molar refractivity (Wildman–Crippen MR) is 73.5 cm³/mol. The summed E-state index contributed by atoms with van der Waals surface area (Å²) in [5.74, 6) is 0.806. The zero-order chi connectivity index (χ0) is 13.4. The first-order valence-electron chi connectivity index (χ1n) is 7.22. The normalized spacial score (nSPS) is 23.6. The minimum Gasteiger partial charge on any atom is -0.380 e. The molecule has 0 aromatic heterocycles. The Morgan fingerprint density at radius 3 is 2.78 bits per heavy atom. The lowest BCUT2D eigenvalue weighted by Gasteiger charge is -2.26. The molecule has 1 amide bonds. The number of hydrogen-bond donors (Lipinski definition) is 2. The van der Waals surface area contributed by atoms with E-state index in [9.17, 15) is 4.79 Å². The summed E-state index contributed by atoms with van der Waals surface area (Å²) < 4.78 is 5.49. The van der Waals surface area contributed by atoms with Crippen molar-refractivity contribution in [2.45, 2.75) is 52.0 Å². The maximum absolute atomic E-state index is 12.1. The minimum absolute atomic E-state index is 0.134. The Balaban J connectivity index is 2.13. The van der Waals surface area contributed by atoms with E-state index in [-0.39, 0.29) is 11.4 Å². The number of ether oxygens (including phenoxy) is 1. The quantitative estimate of drug-likeness (QED) is 0.650. The third kappa shape index (κ3) is 4.58. The van der Waals surface area contributed by atoms with E-state index in [0.29, 0.717) is 19.1 Å². The summed E-state index contributed by atoms with van der Waals surface area (Å²) in [5.41, 5.74) is -0.321. The second kappa shape index (κ2) is 7.74. The minimum atomic E-state index is -0.321. The van der Waals surface area contributed by atoms with Crippen molar-refractivity contribution < 1.29 is 9.53 Å². The van der Waals surface area contributed by atoms with Crippen LogP contribution in [0.1, 0.15) is 46.5 Å². The van der Waals surface area contributed by atoms with Gasteiger partial charge in [0.15, 0.2) is 0 Å². The maximum atomic E-state index is 12.1. The number of hydrogen-bond acceptors (Lipinski definition) is 3. The Bertz CT molecular complexity index is 248. The van der Waals surface area contributed by atoms with Crippen LogP contribution in [0.5, 0.6) is 0 Å². The van der Waals surface area contributed by atoms with Gasteiger partial charge >= 0.3 is 0 Å². The molecule has 1 rings (SSSR count). The van der Waals surface area contributed by atoms with E-state index < -0.39 is 0 Å². The van der Waals surface area contributed by atoms with E-state index >= 15 is 0 Å². The van der Waals surface area contributed by atoms with Gasteiger partial charge in [0.05, 0.1) is 12.1 Å². The summed E-state index contributed by atoms with van der Waals surface area (Å²) in [4.78, 5) is 12.1. The number of rotatable bonds is 8. The van der Waals surface area contributed by atoms with Crippen molar-refractivity contribution in [2.75, 3.05) is 26.3 Å². The number of amides is 1. The van der Waals surface area contributed by atoms with Gasteiger partial charge in [0.1, 0.15) is 0 Å². The average Bonchev–Trinajstić information content (AvgIpc) is 2.83. The summed E-state index contributed by atoms with van der Waals surface area (Å²) in [6.07, 6.45) is 3.97. The second-order valence-corrected chi connectivity index (χ2v) is 5.52. The van der Waals surface area contributed by atoms with Crippen molar-refractivity contribution in [2.24, 2.45) is 5.92 Å². The molecule has 1 atom stereocenters. The lowest BCUT2D eigenvalue weighted by atomic mass is 9.93. The standard InChI is InChI=1S/C14H28N2O2/c1-4-14(7-5-8-16-14)13(17)15-9-11-18-10-6-12(2)3/h12,16H,4-11H2,1-3H3,(H,15,17). The van der Waals surface area contributed by atoms with Crippen LogP contribution in [0.25, 0.3) is 0 Å². The average molecular weight is 256 g/mol. The highest BCUT2D eigenvalue weighted by molar-refractivity contribution is 5.86. The molecule has 0 aromatic carbocycles. The summed E-state index contributed by atoms with van der Waals surface area (Å²) in [5, 5.41) is 6.31. The Labute approximate surface area is 111 Å². The van der Waals surface area contributed by atoms with Crippen LogP contribution in [0.3, 0.4) is 0 Å². The third-order valence-electron chi connectivity index (χ3n) is 3.65. The van der Waals surface area contributed by atoms with Crippen LogP contribution in [0.15, 0.2) is 0 Å². The van der Waals surface area contributed by atoms with E-state index in [1.54, 1.807) is 0 Å². The van der Waals surface area contributed by atoms with Crippen molar-refractivity contribution in [3.05, 3.63) is 0 Å². The first-order chi connectivity index (χ1) is 8.60. The molecule has 0 saturated carbocycles. The van der Waals surface area contributed by atoms with Crippen molar-refractivity contribution in [3.8, 4) is 0 Å². The van der Waals surface area contributed by atoms with E-state index in [1.165, 1.54) is 0 Å². The number of carbonyl (C=O) groups excluding carboxylic acids is 1. The molecule has 106 valence electrons. The number of carbonyl (C=O) groups is 1. The van der Waals surface area contributed by atoms with Crippen LogP contribution in [0.4, 0.5) is 0 Å². The highest BCUT2D eigenvalue weighted by Gasteiger charge is 2.38. The van der Waals surface area contributed by atoms with Crippen molar-refractivity contribution >= 4 is 5.91 Å². The molecule has 1 fully saturated rings. The molecule has 2 N–H and O–H groups in total. The largest absolute Gasteiger partial charge is 0.380 e. The van der Waals surface area contributed by atoms with Gasteiger partial charge in [0.2, 0.25) is 5.91 Å². The molecule has 0 spiro atoms. The molecular weight excluding hydrogens is 228 g/mol. The molecule has 4 heteroatoms. The van der Waals surface area contributed by atoms with E-state index in [4.69, 9.17) is 4.74 Å². The van der Waals surface area contributed by atoms with Crippen LogP contribution >= 0.6 is 0 Å². The molecule has 1 aliphatic rings. The SMILES string of the molecule is CCC1(C(=O)NCCOCCC(C)C)CCCN1. The zero-order valence-corrected chi connectivity index (χ0v) is 12.1. The van der Waals surface area contributed by atoms with Gasteiger partial charge in [-0.05, 0) is 38.1 Å². The van der Waals surface area contributed by atoms with Gasteiger partial charge in [-0.3, -0.25) is 4.79 Å². The van der Waals surface area contributed by atoms with Crippen molar-refractivity contribution in [3.63, 3.8) is 0 Å². The Hall–Kier alpha value is -0.610. The molecule has 0 radical (unpaired) electrons. The van der Waals surface area contributed by atoms with Crippen LogP contribution in [0.2, 0.25) is 0 Å². The van der Waals surface area contributed by atoms with Gasteiger partial charge in [0.25, 0.3) is 0 Å². The number of nitrogens with one attached hydrogen (secondary N) is 2. The van der Waals surface area contributed by atoms with Gasteiger partial charge in [-0.1, -0.05) is 20.8 Å². The fraction of sp³-hybridized carbons (Fsp3) is 0.929. The lowest BCUT2D eigenvalue weighted by molar-refractivity contribution is -0.127. The Kier molecular flexibility index (Phi) is 6.65. The van der Waals surface area contributed by atoms with Crippen LogP contribution in [-0.2, 0) is 9.53 Å². The van der Waals surface area contributed by atoms with Crippen LogP contribution in [0, 0.1) is 5.92 Å². The van der Waals surface area contributed by atoms with Crippen LogP contribution < -0.4 is 10.6 Å². The molecule has 0 bridgehead atoms. The van der Waals surface area contributed by atoms with Crippen molar-refractivity contribution in [1.82, 2.24) is 10.6 Å². The summed E-state index contributed by atoms with van der Waals surface area (Å²) in [6.45, 7) is 9.39. The van der Waals surface area contributed by atoms with Gasteiger partial charge < -0.3 is 15.4 Å². The molecule has 1 unspecified atom stereocenters. The monoisotopic (exact) mass is 256 g/mol. The molecule has 0 aromatic rings. The van der Waals surface area contributed by atoms with Gasteiger partial charge in [0, 0.05) is 13.2 Å². The zero-order valence-electron chi connectivity index (χ0n) is 12.1. The molecular formula is C14H28N2O2. The first kappa shape index (κ1) is 15.4. The summed E-state index contributed by atoms with van der Waals surface area (Å²) >= 11 is 0. The molecule has 1 aliphatic heterocycles. The Morgan fingerprint density at radius 1 is 1.44 bits per heavy atom. The maximum Gasteiger partial charge on any atom is 0.240 e. The lowest BCUT2D eigenvalue weighted by Crippen LogP contribution is -2.53. The predicted octanol–water partition coefficient (Wildman–Crippen LogP) is 1.70. The summed E-state index contributed by atoms with van der Waals surface area (Å²) in [6, 6.07) is 0. The third-order valence-corrected chi connectivity index (χ3v) is 3.65. The fourth-order valence-corrected chi connectivity index (χ4v) is 2.29. The summed E-state index contributed by atoms with van der Waals surface area (Å²) in [7, 11) is 0. The molecule has 1 heterocycles. The smallest absolute Gasteiger partial charge is 0.240 e. The topological polar surface area (TPSA) is 50.4 Å². The molecule has 18 heavy (non-hydrogen) atoms. The fourth-order valence-electron chi connectivity index (χ4n) is 2.29. The van der Waals surface area contributed by atoms with Gasteiger partial charge in [-0.2, -0.15) is 0 Å². The highest BCUT2D eigenvalue weighted by atomic mass is 16.5. The van der Waals surface area contributed by atoms with Crippen LogP contribution in [-0.4, -0.2) is 37.7 Å². The highest BCUT2D eigenvalue weighted by Crippen LogP contribution is 2.22. The molecule has 1 saturated heterocycles. The van der Waals surface area contributed by atoms with Crippen molar-refractivity contribution in [1.29, 1.82) is 0 Å². The first-order valence-corrected chi connectivity index (χ1v) is 7.22. The van der Waals surface area contributed by atoms with E-state index in [2.05, 4.69) is 31.4 Å². The van der Waals surface area contributed by atoms with E-state index in [0.717, 1.165) is 38.8 Å². The second-order valence-electron chi connectivity index (χ2n) is 5.52. The molecule has 4 nitrogen and oxygen atoms in total. The van der Waals surface area contributed by atoms with Gasteiger partial charge in [-0.25, -0.2) is 0 Å². The van der Waals surface area contributed by atoms with E-state index in [1.807, 2.05) is 0 Å². The van der Waals surface area contributed by atoms with Gasteiger partial charge in [-0.15, -0.1) is 0 Å². The Morgan fingerprint density at radius 2 is 2.22 bits per heavy atom. The molecule has 0 aliphatic carbocycles.